The number of para-hydroxylation sites is 1. The van der Waals surface area contributed by atoms with Crippen molar-refractivity contribution in [3.8, 4) is 23.0 Å². The highest BCUT2D eigenvalue weighted by Gasteiger charge is 2.32. The second-order valence-corrected chi connectivity index (χ2v) is 21.3. The van der Waals surface area contributed by atoms with Gasteiger partial charge in [-0.25, -0.2) is 29.2 Å². The molecule has 0 N–H and O–H groups in total. The van der Waals surface area contributed by atoms with Crippen molar-refractivity contribution < 1.29 is 66.7 Å². The fourth-order valence-electron chi connectivity index (χ4n) is 9.33. The number of anilines is 1. The number of ether oxygens (including phenoxy) is 8. The van der Waals surface area contributed by atoms with Crippen LogP contribution in [-0.4, -0.2) is 92.2 Å². The van der Waals surface area contributed by atoms with Crippen LogP contribution >= 0.6 is 11.3 Å². The summed E-state index contributed by atoms with van der Waals surface area (Å²) >= 11 is 1.47. The Morgan fingerprint density at radius 1 is 0.598 bits per heavy atom. The normalized spacial score (nSPS) is 16.7. The summed E-state index contributed by atoms with van der Waals surface area (Å²) in [6, 6.07) is 26.2. The zero-order valence-electron chi connectivity index (χ0n) is 46.6. The summed E-state index contributed by atoms with van der Waals surface area (Å²) in [6.45, 7) is 14.9. The molecule has 0 bridgehead atoms. The molecule has 4 aromatic carbocycles. The smallest absolute Gasteiger partial charge is 0.339 e. The summed E-state index contributed by atoms with van der Waals surface area (Å²) in [7, 11) is 0. The number of carbonyl (C=O) groups is 6. The van der Waals surface area contributed by atoms with Gasteiger partial charge < -0.3 is 37.9 Å². The summed E-state index contributed by atoms with van der Waals surface area (Å²) in [5.74, 6) is -1.54. The number of unbranched alkanes of at least 4 members (excludes halogenated alkanes) is 6. The van der Waals surface area contributed by atoms with Gasteiger partial charge in [0.2, 0.25) is 5.13 Å². The monoisotopic (exact) mass is 1140 g/mol. The molecule has 0 aliphatic heterocycles. The van der Waals surface area contributed by atoms with Crippen LogP contribution < -0.4 is 24.0 Å². The van der Waals surface area contributed by atoms with Crippen LogP contribution in [0.15, 0.2) is 134 Å². The molecule has 7 rings (SSSR count). The predicted molar refractivity (Wildman–Crippen MR) is 313 cm³/mol. The fourth-order valence-corrected chi connectivity index (χ4v) is 10.3. The summed E-state index contributed by atoms with van der Waals surface area (Å²) in [5, 5.41) is 7.14. The van der Waals surface area contributed by atoms with E-state index in [-0.39, 0.29) is 29.3 Å². The summed E-state index contributed by atoms with van der Waals surface area (Å²) in [6.07, 6.45) is 13.6. The molecular formula is C64H73N3O14S. The maximum atomic E-state index is 14.1. The van der Waals surface area contributed by atoms with Crippen LogP contribution in [0.4, 0.5) is 5.13 Å². The molecule has 434 valence electrons. The van der Waals surface area contributed by atoms with Gasteiger partial charge in [-0.05, 0) is 189 Å². The van der Waals surface area contributed by atoms with Gasteiger partial charge in [-0.15, -0.1) is 0 Å². The van der Waals surface area contributed by atoms with E-state index in [1.165, 1.54) is 17.6 Å². The van der Waals surface area contributed by atoms with E-state index < -0.39 is 41.9 Å². The first-order chi connectivity index (χ1) is 39.8. The average molecular weight is 1140 g/mol. The molecule has 2 fully saturated rings. The van der Waals surface area contributed by atoms with Gasteiger partial charge in [-0.2, -0.15) is 5.10 Å². The maximum Gasteiger partial charge on any atom is 0.339 e. The Morgan fingerprint density at radius 2 is 1.09 bits per heavy atom. The molecule has 2 aliphatic rings. The minimum absolute atomic E-state index is 0.208. The number of thiazole rings is 1. The summed E-state index contributed by atoms with van der Waals surface area (Å²) in [4.78, 5) is 81.3. The molecule has 0 spiro atoms. The lowest BCUT2D eigenvalue weighted by atomic mass is 9.87. The van der Waals surface area contributed by atoms with Crippen molar-refractivity contribution in [3.05, 3.63) is 145 Å². The highest BCUT2D eigenvalue weighted by atomic mass is 32.1. The zero-order valence-corrected chi connectivity index (χ0v) is 47.5. The second kappa shape index (κ2) is 32.4. The van der Waals surface area contributed by atoms with Crippen molar-refractivity contribution in [2.75, 3.05) is 38.0 Å². The Kier molecular flexibility index (Phi) is 24.3. The first-order valence-electron chi connectivity index (χ1n) is 28.2. The van der Waals surface area contributed by atoms with Crippen LogP contribution in [0, 0.1) is 11.8 Å². The molecule has 1 heterocycles. The Balaban J connectivity index is 0.898. The third kappa shape index (κ3) is 19.8. The van der Waals surface area contributed by atoms with Gasteiger partial charge in [0.1, 0.15) is 35.2 Å². The maximum absolute atomic E-state index is 14.1. The van der Waals surface area contributed by atoms with Crippen LogP contribution in [0.1, 0.15) is 136 Å². The molecule has 0 saturated heterocycles. The van der Waals surface area contributed by atoms with E-state index in [4.69, 9.17) is 48.0 Å². The highest BCUT2D eigenvalue weighted by Crippen LogP contribution is 2.33. The van der Waals surface area contributed by atoms with E-state index in [1.807, 2.05) is 31.2 Å². The van der Waals surface area contributed by atoms with E-state index in [0.29, 0.717) is 118 Å². The SMILES string of the molecule is C=CC(=O)OCCCCCCOc1ccc(OC(=O)[C@H]2CC[C@H](OC(=O)c3ccc(OC(=O)[C@H]4CC[C@H](OC(=O)c5ccc(OCCCCCCOC(=O)C=C)cc5)CC4)cc3/C=N/N(CC(=C)C)c3nc4ccccc4s3)CC2)cc1. The molecule has 0 unspecified atom stereocenters. The molecule has 0 radical (unpaired) electrons. The molecule has 82 heavy (non-hydrogen) atoms. The van der Waals surface area contributed by atoms with Gasteiger partial charge in [-0.1, -0.05) is 48.8 Å². The number of carbonyl (C=O) groups excluding carboxylic acids is 6. The number of hydrogen-bond donors (Lipinski definition) is 0. The fraction of sp³-hybridized carbons (Fsp3) is 0.406. The Morgan fingerprint density at radius 3 is 1.62 bits per heavy atom. The number of aromatic nitrogens is 1. The molecular weight excluding hydrogens is 1070 g/mol. The van der Waals surface area contributed by atoms with Crippen molar-refractivity contribution >= 4 is 68.7 Å². The summed E-state index contributed by atoms with van der Waals surface area (Å²) in [5.41, 5.74) is 2.61. The standard InChI is InChI=1S/C64H73N3O14S/c1-5-58(68)76-39-15-9-7-13-37-74-49-25-19-45(20-26-49)60(70)78-51-27-21-47(22-28-51)62(72)81-54-35-36-55(48(41-54)42-65-67(43-44(3)4)64-66-56-17-11-12-18-57(56)82-64)63(73)80-52-29-23-46(24-30-52)61(71)79-53-33-31-50(32-34-53)75-38-14-8-10-16-40-77-59(69)6-2/h5-6,11-12,17-20,25-26,31-36,41-42,46-47,51-52H,1-3,7-10,13-16,21-24,27-30,37-40,43H2,4H3/b65-42+/t46-,47-,51-,52-. The number of nitrogens with zero attached hydrogens (tertiary/aromatic N) is 3. The molecule has 2 saturated carbocycles. The highest BCUT2D eigenvalue weighted by molar-refractivity contribution is 7.22. The third-order valence-corrected chi connectivity index (χ3v) is 14.9. The van der Waals surface area contributed by atoms with Crippen LogP contribution in [-0.2, 0) is 38.1 Å². The van der Waals surface area contributed by atoms with Crippen molar-refractivity contribution in [2.45, 2.75) is 122 Å². The Hall–Kier alpha value is -8.12. The first kappa shape index (κ1) is 61.5. The largest absolute Gasteiger partial charge is 0.494 e. The molecule has 0 amide bonds. The number of benzene rings is 4. The predicted octanol–water partition coefficient (Wildman–Crippen LogP) is 12.7. The van der Waals surface area contributed by atoms with Gasteiger partial charge >= 0.3 is 35.8 Å². The van der Waals surface area contributed by atoms with Crippen molar-refractivity contribution in [1.29, 1.82) is 0 Å². The van der Waals surface area contributed by atoms with Crippen LogP contribution in [0.2, 0.25) is 0 Å². The molecule has 0 atom stereocenters. The van der Waals surface area contributed by atoms with Gasteiger partial charge in [0.15, 0.2) is 0 Å². The molecule has 5 aromatic rings. The van der Waals surface area contributed by atoms with E-state index in [9.17, 15) is 28.8 Å². The van der Waals surface area contributed by atoms with Crippen molar-refractivity contribution in [2.24, 2.45) is 16.9 Å². The second-order valence-electron chi connectivity index (χ2n) is 20.3. The third-order valence-electron chi connectivity index (χ3n) is 13.9. The zero-order chi connectivity index (χ0) is 58.1. The van der Waals surface area contributed by atoms with E-state index in [0.717, 1.165) is 79.3 Å². The van der Waals surface area contributed by atoms with E-state index >= 15 is 0 Å². The lowest BCUT2D eigenvalue weighted by molar-refractivity contribution is -0.141. The van der Waals surface area contributed by atoms with Gasteiger partial charge in [-0.3, -0.25) is 9.59 Å². The van der Waals surface area contributed by atoms with Gasteiger partial charge in [0.25, 0.3) is 0 Å². The minimum atomic E-state index is -0.590. The first-order valence-corrected chi connectivity index (χ1v) is 29.0. The molecule has 18 heteroatoms. The number of hydrazone groups is 1. The Labute approximate surface area is 483 Å². The van der Waals surface area contributed by atoms with Crippen molar-refractivity contribution in [3.63, 3.8) is 0 Å². The number of esters is 6. The number of hydrogen-bond acceptors (Lipinski definition) is 18. The van der Waals surface area contributed by atoms with Gasteiger partial charge in [0.05, 0.1) is 72.4 Å². The Bertz CT molecular complexity index is 2960. The lowest BCUT2D eigenvalue weighted by Crippen LogP contribution is -2.30. The molecule has 2 aliphatic carbocycles. The van der Waals surface area contributed by atoms with E-state index in [2.05, 4.69) is 19.7 Å². The van der Waals surface area contributed by atoms with E-state index in [1.54, 1.807) is 71.7 Å². The molecule has 17 nitrogen and oxygen atoms in total. The topological polar surface area (TPSA) is 205 Å². The van der Waals surface area contributed by atoms with Gasteiger partial charge in [0, 0.05) is 17.7 Å². The number of rotatable bonds is 31. The van der Waals surface area contributed by atoms with Crippen molar-refractivity contribution in [1.82, 2.24) is 4.98 Å². The number of fused-ring (bicyclic) bond motifs is 1. The van der Waals surface area contributed by atoms with Crippen LogP contribution in [0.25, 0.3) is 10.2 Å². The van der Waals surface area contributed by atoms with Crippen LogP contribution in [0.3, 0.4) is 0 Å². The van der Waals surface area contributed by atoms with Crippen LogP contribution in [0.5, 0.6) is 23.0 Å². The molecule has 1 aromatic heterocycles. The summed E-state index contributed by atoms with van der Waals surface area (Å²) < 4.78 is 46.3. The average Bonchev–Trinajstić information content (AvgIpc) is 4.14. The lowest BCUT2D eigenvalue weighted by Gasteiger charge is -2.27. The quantitative estimate of drug-likeness (QED) is 0.00591. The minimum Gasteiger partial charge on any atom is -0.494 e.